The molecule has 154 valence electrons. The molecular formula is C19H14Cl2N4O5. The lowest BCUT2D eigenvalue weighted by molar-refractivity contribution is -0.109. The average molecular weight is 449 g/mol. The number of methoxy groups -OCH3 is 1. The minimum atomic E-state index is -1.00. The quantitative estimate of drug-likeness (QED) is 0.201. The van der Waals surface area contributed by atoms with Crippen LogP contribution in [-0.4, -0.2) is 39.5 Å². The van der Waals surface area contributed by atoms with Gasteiger partial charge in [0.1, 0.15) is 0 Å². The number of halogens is 2. The molecule has 0 aliphatic carbocycles. The third-order valence-corrected chi connectivity index (χ3v) is 3.85. The maximum atomic E-state index is 11.7. The highest BCUT2D eigenvalue weighted by atomic mass is 35.5. The number of carbonyl (C=O) groups excluding carboxylic acids is 3. The highest BCUT2D eigenvalue weighted by Gasteiger charge is 2.16. The Kier molecular flexibility index (Phi) is 8.21. The van der Waals surface area contributed by atoms with Gasteiger partial charge in [-0.05, 0) is 47.5 Å². The Morgan fingerprint density at radius 1 is 1.00 bits per heavy atom. The van der Waals surface area contributed by atoms with E-state index in [0.29, 0.717) is 16.6 Å². The second kappa shape index (κ2) is 10.8. The number of fused-ring (bicyclic) bond motifs is 1. The first kappa shape index (κ1) is 22.7. The van der Waals surface area contributed by atoms with Crippen molar-refractivity contribution in [1.82, 2.24) is 10.2 Å². The number of nitrogens with one attached hydrogen (secondary N) is 2. The van der Waals surface area contributed by atoms with E-state index >= 15 is 0 Å². The minimum absolute atomic E-state index is 0.226. The Labute approximate surface area is 179 Å². The number of hydrogen-bond acceptors (Lipinski definition) is 8. The van der Waals surface area contributed by atoms with Crippen LogP contribution in [0.5, 0.6) is 0 Å². The molecule has 0 atom stereocenters. The van der Waals surface area contributed by atoms with Gasteiger partial charge in [-0.1, -0.05) is 30.3 Å². The molecule has 0 unspecified atom stereocenters. The molecule has 0 saturated carbocycles. The lowest BCUT2D eigenvalue weighted by atomic mass is 10.2. The number of aromatic nitrogens is 2. The molecule has 2 N–H and O–H groups in total. The van der Waals surface area contributed by atoms with Gasteiger partial charge < -0.3 is 4.74 Å². The summed E-state index contributed by atoms with van der Waals surface area (Å²) in [5.41, 5.74) is 2.51. The van der Waals surface area contributed by atoms with Crippen LogP contribution in [0.3, 0.4) is 0 Å². The lowest BCUT2D eigenvalue weighted by Gasteiger charge is -1.99. The van der Waals surface area contributed by atoms with Gasteiger partial charge in [-0.15, -0.1) is 0 Å². The standard InChI is InChI=1S/C10H8N2O3.C9H6Cl2N2O2/c1-15-10(14)8-9(13)6-4-2-3-5-7(6)11-12-8;10-8(14)7(9(11)15)13-12-6-4-2-1-3-5-6/h2-5H,1H3,(H,11,13);1-5,12H. The summed E-state index contributed by atoms with van der Waals surface area (Å²) in [7, 11) is 1.21. The molecule has 0 spiro atoms. The molecule has 0 fully saturated rings. The number of aromatic amines is 1. The molecule has 3 aromatic rings. The van der Waals surface area contributed by atoms with E-state index < -0.39 is 27.6 Å². The lowest BCUT2D eigenvalue weighted by Crippen LogP contribution is -2.19. The maximum Gasteiger partial charge on any atom is 0.362 e. The Balaban J connectivity index is 0.000000214. The number of para-hydroxylation sites is 2. The van der Waals surface area contributed by atoms with Gasteiger partial charge in [-0.3, -0.25) is 24.9 Å². The number of rotatable bonds is 5. The molecule has 11 heteroatoms. The van der Waals surface area contributed by atoms with Crippen molar-refractivity contribution < 1.29 is 19.1 Å². The maximum absolute atomic E-state index is 11.7. The normalized spacial score (nSPS) is 9.70. The predicted octanol–water partition coefficient (Wildman–Crippen LogP) is 2.70. The monoisotopic (exact) mass is 448 g/mol. The molecule has 0 saturated heterocycles. The second-order valence-electron chi connectivity index (χ2n) is 5.42. The Morgan fingerprint density at radius 2 is 1.60 bits per heavy atom. The number of esters is 1. The van der Waals surface area contributed by atoms with Crippen molar-refractivity contribution in [2.24, 2.45) is 5.10 Å². The summed E-state index contributed by atoms with van der Waals surface area (Å²) >= 11 is 10.2. The summed E-state index contributed by atoms with van der Waals surface area (Å²) in [4.78, 5) is 44.3. The fraction of sp³-hybridized carbons (Fsp3) is 0.0526. The topological polar surface area (TPSA) is 131 Å². The molecule has 0 radical (unpaired) electrons. The van der Waals surface area contributed by atoms with Crippen LogP contribution in [0.4, 0.5) is 5.69 Å². The van der Waals surface area contributed by atoms with Gasteiger partial charge in [0.25, 0.3) is 10.5 Å². The molecule has 0 amide bonds. The van der Waals surface area contributed by atoms with Crippen LogP contribution in [0.2, 0.25) is 0 Å². The van der Waals surface area contributed by atoms with E-state index in [2.05, 4.69) is 25.5 Å². The Morgan fingerprint density at radius 3 is 2.20 bits per heavy atom. The predicted molar refractivity (Wildman–Crippen MR) is 113 cm³/mol. The van der Waals surface area contributed by atoms with Crippen LogP contribution in [-0.2, 0) is 14.3 Å². The average Bonchev–Trinajstić information content (AvgIpc) is 2.74. The highest BCUT2D eigenvalue weighted by Crippen LogP contribution is 2.06. The second-order valence-corrected chi connectivity index (χ2v) is 6.11. The van der Waals surface area contributed by atoms with Crippen molar-refractivity contribution in [2.45, 2.75) is 0 Å². The van der Waals surface area contributed by atoms with Crippen LogP contribution >= 0.6 is 23.2 Å². The van der Waals surface area contributed by atoms with Crippen LogP contribution < -0.4 is 10.9 Å². The SMILES string of the molecule is COC(=O)c1n[nH]c2ccccc2c1=O.O=C(Cl)C(=NNc1ccccc1)C(=O)Cl. The number of hydrogen-bond donors (Lipinski definition) is 2. The first-order valence-electron chi connectivity index (χ1n) is 8.19. The molecule has 30 heavy (non-hydrogen) atoms. The van der Waals surface area contributed by atoms with E-state index in [1.165, 1.54) is 7.11 Å². The van der Waals surface area contributed by atoms with Crippen LogP contribution in [0.1, 0.15) is 10.5 Å². The summed E-state index contributed by atoms with van der Waals surface area (Å²) in [6.45, 7) is 0. The molecule has 0 bridgehead atoms. The number of hydrazone groups is 1. The van der Waals surface area contributed by atoms with E-state index in [9.17, 15) is 19.2 Å². The zero-order chi connectivity index (χ0) is 22.1. The smallest absolute Gasteiger partial charge is 0.362 e. The number of H-pyrrole nitrogens is 1. The highest BCUT2D eigenvalue weighted by molar-refractivity contribution is 7.01. The molecule has 9 nitrogen and oxygen atoms in total. The number of benzene rings is 2. The summed E-state index contributed by atoms with van der Waals surface area (Å²) in [5.74, 6) is -0.734. The number of ether oxygens (including phenoxy) is 1. The van der Waals surface area contributed by atoms with Crippen LogP contribution in [0.25, 0.3) is 10.9 Å². The van der Waals surface area contributed by atoms with Gasteiger partial charge in [0, 0.05) is 5.39 Å². The van der Waals surface area contributed by atoms with E-state index in [-0.39, 0.29) is 5.69 Å². The van der Waals surface area contributed by atoms with Gasteiger partial charge in [0.05, 0.1) is 18.3 Å². The minimum Gasteiger partial charge on any atom is -0.464 e. The zero-order valence-electron chi connectivity index (χ0n) is 15.4. The summed E-state index contributed by atoms with van der Waals surface area (Å²) in [6.07, 6.45) is 0. The summed E-state index contributed by atoms with van der Waals surface area (Å²) < 4.78 is 4.44. The molecule has 2 aromatic carbocycles. The molecular weight excluding hydrogens is 435 g/mol. The fourth-order valence-corrected chi connectivity index (χ4v) is 2.41. The Hall–Kier alpha value is -3.56. The molecule has 1 heterocycles. The molecule has 3 rings (SSSR count). The van der Waals surface area contributed by atoms with Crippen molar-refractivity contribution in [1.29, 1.82) is 0 Å². The van der Waals surface area contributed by atoms with Gasteiger partial charge in [0.15, 0.2) is 0 Å². The van der Waals surface area contributed by atoms with Gasteiger partial charge >= 0.3 is 5.97 Å². The number of carbonyl (C=O) groups is 3. The third kappa shape index (κ3) is 5.97. The fourth-order valence-electron chi connectivity index (χ4n) is 2.11. The molecule has 1 aromatic heterocycles. The van der Waals surface area contributed by atoms with E-state index in [0.717, 1.165) is 0 Å². The first-order valence-corrected chi connectivity index (χ1v) is 8.95. The van der Waals surface area contributed by atoms with Crippen molar-refractivity contribution >= 4 is 62.0 Å². The number of nitrogens with zero attached hydrogens (tertiary/aromatic N) is 2. The van der Waals surface area contributed by atoms with E-state index in [4.69, 9.17) is 23.2 Å². The van der Waals surface area contributed by atoms with Gasteiger partial charge in [-0.25, -0.2) is 4.79 Å². The van der Waals surface area contributed by atoms with E-state index in [1.807, 2.05) is 6.07 Å². The van der Waals surface area contributed by atoms with Crippen molar-refractivity contribution in [3.63, 3.8) is 0 Å². The van der Waals surface area contributed by atoms with Gasteiger partial charge in [0.2, 0.25) is 16.8 Å². The first-order chi connectivity index (χ1) is 14.3. The van der Waals surface area contributed by atoms with Crippen LogP contribution in [0.15, 0.2) is 64.5 Å². The molecule has 0 aliphatic rings. The van der Waals surface area contributed by atoms with Gasteiger partial charge in [-0.2, -0.15) is 10.2 Å². The van der Waals surface area contributed by atoms with E-state index in [1.54, 1.807) is 48.5 Å². The Bertz CT molecular complexity index is 1150. The molecule has 0 aliphatic heterocycles. The zero-order valence-corrected chi connectivity index (χ0v) is 16.9. The van der Waals surface area contributed by atoms with Crippen molar-refractivity contribution in [2.75, 3.05) is 12.5 Å². The summed E-state index contributed by atoms with van der Waals surface area (Å²) in [6, 6.07) is 15.6. The van der Waals surface area contributed by atoms with Crippen molar-refractivity contribution in [3.8, 4) is 0 Å². The third-order valence-electron chi connectivity index (χ3n) is 3.50. The number of anilines is 1. The van der Waals surface area contributed by atoms with Crippen LogP contribution in [0, 0.1) is 0 Å². The van der Waals surface area contributed by atoms with Crippen molar-refractivity contribution in [3.05, 3.63) is 70.5 Å². The largest absolute Gasteiger partial charge is 0.464 e. The summed E-state index contributed by atoms with van der Waals surface area (Å²) in [5, 5.41) is 8.21.